The van der Waals surface area contributed by atoms with Crippen LogP contribution < -0.4 is 5.32 Å². The molecule has 1 amide bonds. The van der Waals surface area contributed by atoms with Crippen LogP contribution in [0.25, 0.3) is 0 Å². The lowest BCUT2D eigenvalue weighted by Gasteiger charge is -2.20. The van der Waals surface area contributed by atoms with E-state index in [1.165, 1.54) is 31.2 Å². The van der Waals surface area contributed by atoms with E-state index in [0.717, 1.165) is 24.6 Å². The minimum absolute atomic E-state index is 0.0785. The highest BCUT2D eigenvalue weighted by molar-refractivity contribution is 5.92. The molecule has 1 aliphatic carbocycles. The van der Waals surface area contributed by atoms with Crippen LogP contribution in [0, 0.1) is 5.92 Å². The third-order valence-electron chi connectivity index (χ3n) is 4.10. The summed E-state index contributed by atoms with van der Waals surface area (Å²) in [6, 6.07) is 8.09. The molecule has 1 fully saturated rings. The predicted molar refractivity (Wildman–Crippen MR) is 83.9 cm³/mol. The van der Waals surface area contributed by atoms with Crippen LogP contribution >= 0.6 is 0 Å². The van der Waals surface area contributed by atoms with Crippen molar-refractivity contribution in [2.45, 2.75) is 39.0 Å². The maximum absolute atomic E-state index is 12.0. The number of anilines is 1. The summed E-state index contributed by atoms with van der Waals surface area (Å²) in [4.78, 5) is 14.1. The van der Waals surface area contributed by atoms with Gasteiger partial charge in [-0.1, -0.05) is 31.9 Å². The van der Waals surface area contributed by atoms with Crippen LogP contribution in [0.4, 0.5) is 5.69 Å². The standard InChI is InChI=1S/C17H26N2O/c1-3-14-8-10-16(11-9-14)18-17(20)13-19(2)12-15-6-4-5-7-15/h8-11,15H,3-7,12-13H2,1-2H3,(H,18,20). The summed E-state index contributed by atoms with van der Waals surface area (Å²) in [5, 5.41) is 2.97. The molecule has 3 nitrogen and oxygen atoms in total. The maximum Gasteiger partial charge on any atom is 0.238 e. The van der Waals surface area contributed by atoms with Crippen LogP contribution in [0.15, 0.2) is 24.3 Å². The largest absolute Gasteiger partial charge is 0.325 e. The van der Waals surface area contributed by atoms with Gasteiger partial charge in [0.2, 0.25) is 5.91 Å². The highest BCUT2D eigenvalue weighted by Gasteiger charge is 2.17. The molecule has 110 valence electrons. The second-order valence-corrected chi connectivity index (χ2v) is 5.95. The normalized spacial score (nSPS) is 15.8. The molecule has 0 aliphatic heterocycles. The monoisotopic (exact) mass is 274 g/mol. The van der Waals surface area contributed by atoms with Crippen LogP contribution in [0.5, 0.6) is 0 Å². The Balaban J connectivity index is 1.75. The van der Waals surface area contributed by atoms with E-state index >= 15 is 0 Å². The lowest BCUT2D eigenvalue weighted by Crippen LogP contribution is -2.33. The quantitative estimate of drug-likeness (QED) is 0.863. The van der Waals surface area contributed by atoms with Crippen molar-refractivity contribution in [3.05, 3.63) is 29.8 Å². The van der Waals surface area contributed by atoms with E-state index in [9.17, 15) is 4.79 Å². The summed E-state index contributed by atoms with van der Waals surface area (Å²) in [6.07, 6.45) is 6.39. The van der Waals surface area contributed by atoms with E-state index < -0.39 is 0 Å². The molecule has 0 saturated heterocycles. The molecule has 1 aromatic carbocycles. The van der Waals surface area contributed by atoms with Gasteiger partial charge in [0.15, 0.2) is 0 Å². The number of hydrogen-bond acceptors (Lipinski definition) is 2. The summed E-state index contributed by atoms with van der Waals surface area (Å²) < 4.78 is 0. The van der Waals surface area contributed by atoms with Crippen molar-refractivity contribution in [3.63, 3.8) is 0 Å². The third kappa shape index (κ3) is 4.64. The fourth-order valence-electron chi connectivity index (χ4n) is 2.97. The van der Waals surface area contributed by atoms with Crippen molar-refractivity contribution in [2.75, 3.05) is 25.5 Å². The molecule has 3 heteroatoms. The zero-order valence-electron chi connectivity index (χ0n) is 12.7. The molecule has 0 aromatic heterocycles. The zero-order valence-corrected chi connectivity index (χ0v) is 12.7. The lowest BCUT2D eigenvalue weighted by molar-refractivity contribution is -0.117. The smallest absolute Gasteiger partial charge is 0.238 e. The van der Waals surface area contributed by atoms with E-state index in [-0.39, 0.29) is 5.91 Å². The molecule has 1 aliphatic rings. The first kappa shape index (κ1) is 15.0. The number of aryl methyl sites for hydroxylation is 1. The topological polar surface area (TPSA) is 32.3 Å². The highest BCUT2D eigenvalue weighted by Crippen LogP contribution is 2.25. The molecular weight excluding hydrogens is 248 g/mol. The highest BCUT2D eigenvalue weighted by atomic mass is 16.2. The van der Waals surface area contributed by atoms with E-state index in [1.54, 1.807) is 0 Å². The van der Waals surface area contributed by atoms with Gasteiger partial charge in [0.05, 0.1) is 6.54 Å². The van der Waals surface area contributed by atoms with Crippen LogP contribution in [0.1, 0.15) is 38.2 Å². The van der Waals surface area contributed by atoms with E-state index in [0.29, 0.717) is 6.54 Å². The molecule has 0 radical (unpaired) electrons. The summed E-state index contributed by atoms with van der Waals surface area (Å²) in [5.74, 6) is 0.867. The number of nitrogens with zero attached hydrogens (tertiary/aromatic N) is 1. The second-order valence-electron chi connectivity index (χ2n) is 5.95. The van der Waals surface area contributed by atoms with E-state index in [4.69, 9.17) is 0 Å². The summed E-state index contributed by atoms with van der Waals surface area (Å²) in [7, 11) is 2.04. The molecule has 0 spiro atoms. The molecule has 0 atom stereocenters. The first-order chi connectivity index (χ1) is 9.67. The van der Waals surface area contributed by atoms with Gasteiger partial charge >= 0.3 is 0 Å². The average Bonchev–Trinajstić information content (AvgIpc) is 2.92. The van der Waals surface area contributed by atoms with Gasteiger partial charge in [-0.25, -0.2) is 0 Å². The predicted octanol–water partition coefficient (Wildman–Crippen LogP) is 3.31. The lowest BCUT2D eigenvalue weighted by atomic mass is 10.1. The summed E-state index contributed by atoms with van der Waals surface area (Å²) in [6.45, 7) is 3.65. The van der Waals surface area contributed by atoms with Crippen LogP contribution in [0.3, 0.4) is 0 Å². The fourth-order valence-corrected chi connectivity index (χ4v) is 2.97. The van der Waals surface area contributed by atoms with Crippen molar-refractivity contribution in [1.29, 1.82) is 0 Å². The van der Waals surface area contributed by atoms with Gasteiger partial charge in [0, 0.05) is 12.2 Å². The Kier molecular flexibility index (Phi) is 5.60. The van der Waals surface area contributed by atoms with E-state index in [1.807, 2.05) is 19.2 Å². The maximum atomic E-state index is 12.0. The van der Waals surface area contributed by atoms with Gasteiger partial charge < -0.3 is 5.32 Å². The first-order valence-corrected chi connectivity index (χ1v) is 7.74. The van der Waals surface area contributed by atoms with Gasteiger partial charge in [-0.2, -0.15) is 0 Å². The Hall–Kier alpha value is -1.35. The number of benzene rings is 1. The second kappa shape index (κ2) is 7.44. The van der Waals surface area contributed by atoms with Crippen LogP contribution in [-0.2, 0) is 11.2 Å². The number of hydrogen-bond donors (Lipinski definition) is 1. The molecule has 1 N–H and O–H groups in total. The van der Waals surface area contributed by atoms with Crippen LogP contribution in [-0.4, -0.2) is 30.9 Å². The summed E-state index contributed by atoms with van der Waals surface area (Å²) >= 11 is 0. The Bertz CT molecular complexity index is 421. The molecule has 0 unspecified atom stereocenters. The van der Waals surface area contributed by atoms with Crippen molar-refractivity contribution < 1.29 is 4.79 Å². The Morgan fingerprint density at radius 3 is 2.50 bits per heavy atom. The molecule has 2 rings (SSSR count). The summed E-state index contributed by atoms with van der Waals surface area (Å²) in [5.41, 5.74) is 2.18. The van der Waals surface area contributed by atoms with Gasteiger partial charge in [-0.05, 0) is 49.9 Å². The molecule has 0 heterocycles. The molecule has 1 aromatic rings. The van der Waals surface area contributed by atoms with Gasteiger partial charge in [-0.15, -0.1) is 0 Å². The minimum atomic E-state index is 0.0785. The third-order valence-corrected chi connectivity index (χ3v) is 4.10. The Morgan fingerprint density at radius 1 is 1.25 bits per heavy atom. The number of amides is 1. The number of carbonyl (C=O) groups excluding carboxylic acids is 1. The first-order valence-electron chi connectivity index (χ1n) is 7.74. The van der Waals surface area contributed by atoms with Crippen molar-refractivity contribution >= 4 is 11.6 Å². The van der Waals surface area contributed by atoms with Gasteiger partial charge in [0.25, 0.3) is 0 Å². The zero-order chi connectivity index (χ0) is 14.4. The van der Waals surface area contributed by atoms with E-state index in [2.05, 4.69) is 29.3 Å². The molecular formula is C17H26N2O. The Labute approximate surface area is 122 Å². The fraction of sp³-hybridized carbons (Fsp3) is 0.588. The van der Waals surface area contributed by atoms with Crippen molar-refractivity contribution in [2.24, 2.45) is 5.92 Å². The number of rotatable bonds is 6. The Morgan fingerprint density at radius 2 is 1.90 bits per heavy atom. The van der Waals surface area contributed by atoms with Crippen LogP contribution in [0.2, 0.25) is 0 Å². The number of carbonyl (C=O) groups is 1. The van der Waals surface area contributed by atoms with Gasteiger partial charge in [0.1, 0.15) is 0 Å². The SMILES string of the molecule is CCc1ccc(NC(=O)CN(C)CC2CCCC2)cc1. The molecule has 1 saturated carbocycles. The average molecular weight is 274 g/mol. The van der Waals surface area contributed by atoms with Crippen molar-refractivity contribution in [3.8, 4) is 0 Å². The molecule has 20 heavy (non-hydrogen) atoms. The van der Waals surface area contributed by atoms with Gasteiger partial charge in [-0.3, -0.25) is 9.69 Å². The minimum Gasteiger partial charge on any atom is -0.325 e. The van der Waals surface area contributed by atoms with Crippen molar-refractivity contribution in [1.82, 2.24) is 4.90 Å². The number of nitrogens with one attached hydrogen (secondary N) is 1. The molecule has 0 bridgehead atoms. The number of likely N-dealkylation sites (N-methyl/N-ethyl adjacent to an activating group) is 1.